The Bertz CT molecular complexity index is 916. The number of aromatic amines is 1. The average Bonchev–Trinajstić information content (AvgIpc) is 3.10. The first kappa shape index (κ1) is 17.9. The number of fused-ring (bicyclic) bond motifs is 1. The van der Waals surface area contributed by atoms with E-state index in [1.54, 1.807) is 11.8 Å². The zero-order valence-electron chi connectivity index (χ0n) is 15.6. The number of anilines is 1. The number of amides is 1. The van der Waals surface area contributed by atoms with Crippen LogP contribution in [0.15, 0.2) is 59.8 Å². The second-order valence-electron chi connectivity index (χ2n) is 6.68. The minimum Gasteiger partial charge on any atom is -0.368 e. The van der Waals surface area contributed by atoms with Gasteiger partial charge in [0, 0.05) is 31.9 Å². The maximum absolute atomic E-state index is 12.7. The van der Waals surface area contributed by atoms with Gasteiger partial charge < -0.3 is 9.80 Å². The molecule has 140 valence electrons. The van der Waals surface area contributed by atoms with Gasteiger partial charge in [0.25, 0.3) is 0 Å². The van der Waals surface area contributed by atoms with E-state index in [-0.39, 0.29) is 5.91 Å². The molecular weight excluding hydrogens is 356 g/mol. The highest BCUT2D eigenvalue weighted by molar-refractivity contribution is 7.99. The topological polar surface area (TPSA) is 43.2 Å². The van der Waals surface area contributed by atoms with Crippen molar-refractivity contribution in [2.75, 3.05) is 36.8 Å². The normalized spacial score (nSPS) is 14.7. The van der Waals surface area contributed by atoms with Gasteiger partial charge in [0.15, 0.2) is 11.0 Å². The minimum atomic E-state index is 0.217. The van der Waals surface area contributed by atoms with Crippen molar-refractivity contribution in [3.05, 3.63) is 54.6 Å². The molecule has 4 rings (SSSR count). The first-order valence-corrected chi connectivity index (χ1v) is 10.5. The van der Waals surface area contributed by atoms with Crippen LogP contribution in [0.5, 0.6) is 0 Å². The van der Waals surface area contributed by atoms with Gasteiger partial charge in [-0.3, -0.25) is 4.79 Å². The van der Waals surface area contributed by atoms with Crippen LogP contribution < -0.4 is 9.47 Å². The third-order valence-corrected chi connectivity index (χ3v) is 6.07. The van der Waals surface area contributed by atoms with Crippen molar-refractivity contribution in [2.24, 2.45) is 0 Å². The number of para-hydroxylation sites is 3. The number of carbonyl (C=O) groups is 1. The molecule has 2 heterocycles. The molecule has 1 saturated heterocycles. The van der Waals surface area contributed by atoms with Gasteiger partial charge in [-0.2, -0.15) is 0 Å². The van der Waals surface area contributed by atoms with E-state index in [1.807, 2.05) is 23.1 Å². The number of aryl methyl sites for hydroxylation is 1. The van der Waals surface area contributed by atoms with Crippen LogP contribution in [0, 0.1) is 0 Å². The maximum Gasteiger partial charge on any atom is 0.317 e. The molecule has 0 radical (unpaired) electrons. The molecule has 1 aliphatic heterocycles. The Morgan fingerprint density at radius 3 is 2.48 bits per heavy atom. The maximum atomic E-state index is 12.7. The molecule has 6 heteroatoms. The zero-order valence-corrected chi connectivity index (χ0v) is 16.4. The standard InChI is InChI=1S/C21H24N4OS/c1-2-25-19-11-7-6-10-18(19)22-21(25)27-16-20(26)24-14-12-23(13-15-24)17-8-4-3-5-9-17/h3-11H,2,12-16H2,1H3/p+1. The molecule has 27 heavy (non-hydrogen) atoms. The van der Waals surface area contributed by atoms with E-state index in [4.69, 9.17) is 0 Å². The van der Waals surface area contributed by atoms with Crippen LogP contribution in [0.25, 0.3) is 11.0 Å². The van der Waals surface area contributed by atoms with Crippen LogP contribution in [0.1, 0.15) is 6.92 Å². The summed E-state index contributed by atoms with van der Waals surface area (Å²) in [5.41, 5.74) is 3.54. The zero-order chi connectivity index (χ0) is 18.6. The summed E-state index contributed by atoms with van der Waals surface area (Å²) in [5.74, 6) is 0.687. The average molecular weight is 382 g/mol. The molecule has 5 nitrogen and oxygen atoms in total. The number of hydrogen-bond donors (Lipinski definition) is 1. The smallest absolute Gasteiger partial charge is 0.317 e. The summed E-state index contributed by atoms with van der Waals surface area (Å²) in [6, 6.07) is 18.7. The molecule has 3 aromatic rings. The lowest BCUT2D eigenvalue weighted by molar-refractivity contribution is -0.705. The summed E-state index contributed by atoms with van der Waals surface area (Å²) in [5, 5.41) is 1.05. The molecule has 0 aliphatic carbocycles. The molecule has 1 aliphatic rings. The highest BCUT2D eigenvalue weighted by Gasteiger charge is 2.24. The lowest BCUT2D eigenvalue weighted by atomic mass is 10.2. The van der Waals surface area contributed by atoms with Gasteiger partial charge in [0.05, 0.1) is 12.3 Å². The fraction of sp³-hybridized carbons (Fsp3) is 0.333. The van der Waals surface area contributed by atoms with Crippen LogP contribution in [0.2, 0.25) is 0 Å². The van der Waals surface area contributed by atoms with Gasteiger partial charge >= 0.3 is 5.16 Å². The molecule has 1 fully saturated rings. The van der Waals surface area contributed by atoms with E-state index in [9.17, 15) is 4.79 Å². The summed E-state index contributed by atoms with van der Waals surface area (Å²) >= 11 is 1.60. The molecule has 0 bridgehead atoms. The van der Waals surface area contributed by atoms with Crippen LogP contribution in [-0.4, -0.2) is 47.7 Å². The summed E-state index contributed by atoms with van der Waals surface area (Å²) < 4.78 is 2.24. The van der Waals surface area contributed by atoms with Crippen LogP contribution in [0.3, 0.4) is 0 Å². The molecule has 1 amide bonds. The Hall–Kier alpha value is -2.47. The van der Waals surface area contributed by atoms with Crippen LogP contribution in [0.4, 0.5) is 5.69 Å². The van der Waals surface area contributed by atoms with Crippen molar-refractivity contribution in [2.45, 2.75) is 18.6 Å². The highest BCUT2D eigenvalue weighted by atomic mass is 32.2. The number of imidazole rings is 1. The number of carbonyl (C=O) groups excluding carboxylic acids is 1. The van der Waals surface area contributed by atoms with E-state index in [2.05, 4.69) is 57.8 Å². The molecule has 0 atom stereocenters. The summed E-state index contributed by atoms with van der Waals surface area (Å²) in [4.78, 5) is 20.5. The van der Waals surface area contributed by atoms with Crippen LogP contribution >= 0.6 is 11.8 Å². The summed E-state index contributed by atoms with van der Waals surface area (Å²) in [6.07, 6.45) is 0. The number of hydrogen-bond acceptors (Lipinski definition) is 3. The number of piperazine rings is 1. The molecular formula is C21H25N4OS+. The lowest BCUT2D eigenvalue weighted by Crippen LogP contribution is -2.49. The number of thioether (sulfide) groups is 1. The molecule has 0 saturated carbocycles. The quantitative estimate of drug-likeness (QED) is 0.546. The molecule has 0 spiro atoms. The predicted molar refractivity (Wildman–Crippen MR) is 110 cm³/mol. The Morgan fingerprint density at radius 2 is 1.74 bits per heavy atom. The van der Waals surface area contributed by atoms with E-state index < -0.39 is 0 Å². The van der Waals surface area contributed by atoms with Gasteiger partial charge in [-0.05, 0) is 43.0 Å². The third kappa shape index (κ3) is 3.81. The fourth-order valence-corrected chi connectivity index (χ4v) is 4.62. The van der Waals surface area contributed by atoms with Crippen LogP contribution in [-0.2, 0) is 11.3 Å². The summed E-state index contributed by atoms with van der Waals surface area (Å²) in [6.45, 7) is 6.37. The SMILES string of the molecule is CC[n+]1c(SCC(=O)N2CCN(c3ccccc3)CC2)[nH]c2ccccc21. The number of nitrogens with one attached hydrogen (secondary N) is 1. The van der Waals surface area contributed by atoms with E-state index >= 15 is 0 Å². The second-order valence-corrected chi connectivity index (χ2v) is 7.65. The lowest BCUT2D eigenvalue weighted by Gasteiger charge is -2.36. The predicted octanol–water partition coefficient (Wildman–Crippen LogP) is 2.92. The highest BCUT2D eigenvalue weighted by Crippen LogP contribution is 2.20. The molecule has 2 aromatic carbocycles. The van der Waals surface area contributed by atoms with Gasteiger partial charge in [-0.1, -0.05) is 30.3 Å². The van der Waals surface area contributed by atoms with Gasteiger partial charge in [-0.25, -0.2) is 9.55 Å². The minimum absolute atomic E-state index is 0.217. The van der Waals surface area contributed by atoms with E-state index in [0.29, 0.717) is 5.75 Å². The third-order valence-electron chi connectivity index (χ3n) is 5.08. The van der Waals surface area contributed by atoms with Crippen molar-refractivity contribution >= 4 is 34.4 Å². The van der Waals surface area contributed by atoms with Crippen molar-refractivity contribution < 1.29 is 9.36 Å². The second kappa shape index (κ2) is 8.05. The Morgan fingerprint density at radius 1 is 1.04 bits per heavy atom. The Labute approximate surface area is 164 Å². The largest absolute Gasteiger partial charge is 0.368 e. The number of aromatic nitrogens is 2. The van der Waals surface area contributed by atoms with Crippen molar-refractivity contribution in [1.82, 2.24) is 9.88 Å². The molecule has 0 unspecified atom stereocenters. The summed E-state index contributed by atoms with van der Waals surface area (Å²) in [7, 11) is 0. The Kier molecular flexibility index (Phi) is 5.34. The van der Waals surface area contributed by atoms with Gasteiger partial charge in [-0.15, -0.1) is 0 Å². The number of H-pyrrole nitrogens is 1. The first-order valence-electron chi connectivity index (χ1n) is 9.47. The fourth-order valence-electron chi connectivity index (χ4n) is 3.61. The van der Waals surface area contributed by atoms with Crippen molar-refractivity contribution in [3.63, 3.8) is 0 Å². The first-order chi connectivity index (χ1) is 13.3. The van der Waals surface area contributed by atoms with Gasteiger partial charge in [0.2, 0.25) is 5.91 Å². The van der Waals surface area contributed by atoms with E-state index in [1.165, 1.54) is 11.2 Å². The van der Waals surface area contributed by atoms with Gasteiger partial charge in [0.1, 0.15) is 0 Å². The van der Waals surface area contributed by atoms with Crippen molar-refractivity contribution in [1.29, 1.82) is 0 Å². The monoisotopic (exact) mass is 381 g/mol. The molecule has 1 N–H and O–H groups in total. The number of rotatable bonds is 5. The van der Waals surface area contributed by atoms with E-state index in [0.717, 1.165) is 43.4 Å². The molecule has 1 aromatic heterocycles. The Balaban J connectivity index is 1.35. The number of benzene rings is 2. The number of nitrogens with zero attached hydrogens (tertiary/aromatic N) is 3. The van der Waals surface area contributed by atoms with Crippen molar-refractivity contribution in [3.8, 4) is 0 Å².